The first-order chi connectivity index (χ1) is 9.61. The van der Waals surface area contributed by atoms with E-state index in [-0.39, 0.29) is 0 Å². The van der Waals surface area contributed by atoms with E-state index >= 15 is 0 Å². The van der Waals surface area contributed by atoms with Crippen LogP contribution >= 0.6 is 0 Å². The molecule has 0 N–H and O–H groups in total. The van der Waals surface area contributed by atoms with E-state index in [1.54, 1.807) is 0 Å². The molecule has 0 aromatic carbocycles. The van der Waals surface area contributed by atoms with Crippen molar-refractivity contribution in [2.45, 2.75) is 80.6 Å². The maximum absolute atomic E-state index is 3.96. The van der Waals surface area contributed by atoms with E-state index in [0.717, 1.165) is 11.8 Å². The van der Waals surface area contributed by atoms with Crippen LogP contribution in [0.4, 0.5) is 0 Å². The van der Waals surface area contributed by atoms with Gasteiger partial charge in [0.1, 0.15) is 0 Å². The summed E-state index contributed by atoms with van der Waals surface area (Å²) < 4.78 is 0. The molecule has 1 aliphatic carbocycles. The van der Waals surface area contributed by atoms with E-state index in [0.29, 0.717) is 0 Å². The Morgan fingerprint density at radius 1 is 1.05 bits per heavy atom. The van der Waals surface area contributed by atoms with Crippen LogP contribution in [0.1, 0.15) is 80.6 Å². The maximum Gasteiger partial charge on any atom is 0.000738 e. The van der Waals surface area contributed by atoms with Gasteiger partial charge < -0.3 is 4.90 Å². The molecule has 122 valence electrons. The molecule has 1 saturated heterocycles. The van der Waals surface area contributed by atoms with Crippen LogP contribution in [0.15, 0.2) is 12.2 Å². The first kappa shape index (κ1) is 22.0. The summed E-state index contributed by atoms with van der Waals surface area (Å²) in [4.78, 5) is 2.50. The SMILES string of the molecule is C=C1CCCC(C)C1.CC.CC.CCN1CCC(C)C1. The number of likely N-dealkylation sites (tertiary alicyclic amines) is 1. The van der Waals surface area contributed by atoms with Gasteiger partial charge in [0, 0.05) is 6.54 Å². The van der Waals surface area contributed by atoms with Crippen LogP contribution in [0.25, 0.3) is 0 Å². The molecule has 20 heavy (non-hydrogen) atoms. The lowest BCUT2D eigenvalue weighted by molar-refractivity contribution is 0.346. The Labute approximate surface area is 129 Å². The highest BCUT2D eigenvalue weighted by atomic mass is 15.1. The first-order valence-corrected chi connectivity index (χ1v) is 9.00. The number of hydrogen-bond donors (Lipinski definition) is 0. The third-order valence-electron chi connectivity index (χ3n) is 3.82. The fourth-order valence-electron chi connectivity index (χ4n) is 2.71. The van der Waals surface area contributed by atoms with Gasteiger partial charge in [-0.2, -0.15) is 0 Å². The molecule has 2 aliphatic rings. The summed E-state index contributed by atoms with van der Waals surface area (Å²) in [6.07, 6.45) is 6.76. The third-order valence-corrected chi connectivity index (χ3v) is 3.82. The van der Waals surface area contributed by atoms with E-state index in [1.165, 1.54) is 57.3 Å². The second-order valence-electron chi connectivity index (χ2n) is 5.74. The van der Waals surface area contributed by atoms with E-state index < -0.39 is 0 Å². The minimum absolute atomic E-state index is 0.913. The van der Waals surface area contributed by atoms with Crippen LogP contribution in [0.3, 0.4) is 0 Å². The van der Waals surface area contributed by atoms with Crippen molar-refractivity contribution in [1.82, 2.24) is 4.90 Å². The van der Waals surface area contributed by atoms with Gasteiger partial charge in [0.05, 0.1) is 0 Å². The molecule has 0 amide bonds. The maximum atomic E-state index is 3.96. The highest BCUT2D eigenvalue weighted by Gasteiger charge is 2.15. The van der Waals surface area contributed by atoms with E-state index in [1.807, 2.05) is 27.7 Å². The molecule has 0 radical (unpaired) electrons. The quantitative estimate of drug-likeness (QED) is 0.521. The van der Waals surface area contributed by atoms with Gasteiger partial charge in [-0.25, -0.2) is 0 Å². The summed E-state index contributed by atoms with van der Waals surface area (Å²) in [6.45, 7) is 22.7. The molecule has 2 fully saturated rings. The van der Waals surface area contributed by atoms with Crippen LogP contribution in [-0.2, 0) is 0 Å². The first-order valence-electron chi connectivity index (χ1n) is 9.00. The fraction of sp³-hybridized carbons (Fsp3) is 0.895. The zero-order valence-corrected chi connectivity index (χ0v) is 15.5. The number of rotatable bonds is 1. The van der Waals surface area contributed by atoms with Gasteiger partial charge in [-0.15, -0.1) is 0 Å². The Balaban J connectivity index is 0. The second-order valence-corrected chi connectivity index (χ2v) is 5.74. The standard InChI is InChI=1S/C8H14.C7H15N.2C2H6/c1-7-4-3-5-8(2)6-7;1-3-8-5-4-7(2)6-8;2*1-2/h8H,1,3-6H2,2H3;7H,3-6H2,1-2H3;2*1-2H3. The molecule has 1 heteroatoms. The monoisotopic (exact) mass is 283 g/mol. The van der Waals surface area contributed by atoms with Gasteiger partial charge >= 0.3 is 0 Å². The average Bonchev–Trinajstić information content (AvgIpc) is 2.89. The van der Waals surface area contributed by atoms with Gasteiger partial charge in [-0.05, 0) is 50.6 Å². The summed E-state index contributed by atoms with van der Waals surface area (Å²) >= 11 is 0. The zero-order chi connectivity index (χ0) is 16.0. The fourth-order valence-corrected chi connectivity index (χ4v) is 2.71. The summed E-state index contributed by atoms with van der Waals surface area (Å²) in [5, 5.41) is 0. The van der Waals surface area contributed by atoms with Crippen molar-refractivity contribution >= 4 is 0 Å². The largest absolute Gasteiger partial charge is 0.303 e. The van der Waals surface area contributed by atoms with Crippen LogP contribution in [0.2, 0.25) is 0 Å². The van der Waals surface area contributed by atoms with Crippen molar-refractivity contribution < 1.29 is 0 Å². The lowest BCUT2D eigenvalue weighted by atomic mass is 9.88. The van der Waals surface area contributed by atoms with Crippen molar-refractivity contribution in [3.05, 3.63) is 12.2 Å². The molecule has 0 spiro atoms. The summed E-state index contributed by atoms with van der Waals surface area (Å²) in [6, 6.07) is 0. The van der Waals surface area contributed by atoms with Crippen molar-refractivity contribution in [3.63, 3.8) is 0 Å². The van der Waals surface area contributed by atoms with Crippen molar-refractivity contribution in [2.75, 3.05) is 19.6 Å². The van der Waals surface area contributed by atoms with Crippen molar-refractivity contribution in [2.24, 2.45) is 11.8 Å². The van der Waals surface area contributed by atoms with Crippen molar-refractivity contribution in [1.29, 1.82) is 0 Å². The van der Waals surface area contributed by atoms with Crippen LogP contribution in [-0.4, -0.2) is 24.5 Å². The molecule has 1 heterocycles. The molecular formula is C19H41N. The highest BCUT2D eigenvalue weighted by Crippen LogP contribution is 2.25. The van der Waals surface area contributed by atoms with Crippen LogP contribution < -0.4 is 0 Å². The Hall–Kier alpha value is -0.300. The topological polar surface area (TPSA) is 3.24 Å². The van der Waals surface area contributed by atoms with Gasteiger partial charge in [0.25, 0.3) is 0 Å². The average molecular weight is 284 g/mol. The molecule has 1 nitrogen and oxygen atoms in total. The highest BCUT2D eigenvalue weighted by molar-refractivity contribution is 4.98. The number of nitrogens with zero attached hydrogens (tertiary/aromatic N) is 1. The predicted octanol–water partition coefficient (Wildman–Crippen LogP) is 6.15. The Morgan fingerprint density at radius 3 is 1.90 bits per heavy atom. The van der Waals surface area contributed by atoms with E-state index in [2.05, 4.69) is 32.3 Å². The molecule has 0 aromatic rings. The lowest BCUT2D eigenvalue weighted by Gasteiger charge is -2.18. The predicted molar refractivity (Wildman–Crippen MR) is 95.4 cm³/mol. The summed E-state index contributed by atoms with van der Waals surface area (Å²) in [7, 11) is 0. The zero-order valence-electron chi connectivity index (χ0n) is 15.5. The third kappa shape index (κ3) is 11.5. The Morgan fingerprint density at radius 2 is 1.65 bits per heavy atom. The number of allylic oxidation sites excluding steroid dienone is 1. The molecule has 0 bridgehead atoms. The van der Waals surface area contributed by atoms with Gasteiger partial charge in [0.15, 0.2) is 0 Å². The lowest BCUT2D eigenvalue weighted by Crippen LogP contribution is -2.18. The Kier molecular flexibility index (Phi) is 16.6. The smallest absolute Gasteiger partial charge is 0.000738 e. The van der Waals surface area contributed by atoms with Gasteiger partial charge in [-0.3, -0.25) is 0 Å². The summed E-state index contributed by atoms with van der Waals surface area (Å²) in [5.74, 6) is 1.87. The molecule has 2 unspecified atom stereocenters. The number of hydrogen-bond acceptors (Lipinski definition) is 1. The molecule has 0 aromatic heterocycles. The minimum Gasteiger partial charge on any atom is -0.303 e. The summed E-state index contributed by atoms with van der Waals surface area (Å²) in [5.41, 5.74) is 1.46. The van der Waals surface area contributed by atoms with E-state index in [9.17, 15) is 0 Å². The van der Waals surface area contributed by atoms with Crippen LogP contribution in [0, 0.1) is 11.8 Å². The molecule has 2 rings (SSSR count). The van der Waals surface area contributed by atoms with Crippen molar-refractivity contribution in [3.8, 4) is 0 Å². The van der Waals surface area contributed by atoms with Gasteiger partial charge in [-0.1, -0.05) is 67.0 Å². The molecular weight excluding hydrogens is 242 g/mol. The minimum atomic E-state index is 0.913. The van der Waals surface area contributed by atoms with Gasteiger partial charge in [0.2, 0.25) is 0 Å². The normalized spacial score (nSPS) is 25.4. The molecule has 1 saturated carbocycles. The van der Waals surface area contributed by atoms with E-state index in [4.69, 9.17) is 0 Å². The molecule has 1 aliphatic heterocycles. The molecule has 2 atom stereocenters. The van der Waals surface area contributed by atoms with Crippen LogP contribution in [0.5, 0.6) is 0 Å². The second kappa shape index (κ2) is 15.1. The Bertz CT molecular complexity index is 210.